The maximum absolute atomic E-state index is 13.8. The molecule has 0 saturated heterocycles. The number of carbonyl (C=O) groups excluding carboxylic acids is 1. The summed E-state index contributed by atoms with van der Waals surface area (Å²) in [6.07, 6.45) is 1.44. The fraction of sp³-hybridized carbons (Fsp3) is 0.0667. The summed E-state index contributed by atoms with van der Waals surface area (Å²) in [5.74, 6) is -0.747. The number of benzene rings is 2. The number of halogens is 1. The fourth-order valence-corrected chi connectivity index (χ4v) is 2.25. The Kier molecular flexibility index (Phi) is 2.95. The minimum absolute atomic E-state index is 0.108. The van der Waals surface area contributed by atoms with Crippen LogP contribution in [0.15, 0.2) is 47.3 Å². The van der Waals surface area contributed by atoms with Gasteiger partial charge in [-0.2, -0.15) is 5.10 Å². The van der Waals surface area contributed by atoms with Crippen LogP contribution in [0.5, 0.6) is 0 Å². The summed E-state index contributed by atoms with van der Waals surface area (Å²) in [6.45, 7) is 0. The van der Waals surface area contributed by atoms with Gasteiger partial charge in [0.2, 0.25) is 0 Å². The van der Waals surface area contributed by atoms with Crippen molar-refractivity contribution in [2.24, 2.45) is 5.10 Å². The Balaban J connectivity index is 2.32. The molecule has 1 amide bonds. The third-order valence-corrected chi connectivity index (χ3v) is 3.14. The lowest BCUT2D eigenvalue weighted by Gasteiger charge is -2.14. The Hall–Kier alpha value is -2.69. The number of rotatable bonds is 2. The molecule has 4 nitrogen and oxygen atoms in total. The third kappa shape index (κ3) is 1.84. The first-order valence-electron chi connectivity index (χ1n) is 5.96. The summed E-state index contributed by atoms with van der Waals surface area (Å²) in [7, 11) is 1.40. The van der Waals surface area contributed by atoms with Crippen LogP contribution in [0, 0.1) is 5.82 Å². The van der Waals surface area contributed by atoms with Crippen molar-refractivity contribution in [3.63, 3.8) is 0 Å². The van der Waals surface area contributed by atoms with E-state index in [9.17, 15) is 9.18 Å². The SMILES string of the molecule is COC1=C(c2cccc3c(F)cccc23)C=N[N]C1=O. The normalized spacial score (nSPS) is 14.6. The highest BCUT2D eigenvalue weighted by molar-refractivity contribution is 6.22. The predicted octanol–water partition coefficient (Wildman–Crippen LogP) is 2.47. The molecule has 5 heteroatoms. The first-order valence-corrected chi connectivity index (χ1v) is 5.96. The van der Waals surface area contributed by atoms with E-state index in [-0.39, 0.29) is 11.6 Å². The van der Waals surface area contributed by atoms with Gasteiger partial charge in [0, 0.05) is 5.39 Å². The fourth-order valence-electron chi connectivity index (χ4n) is 2.25. The molecule has 2 aromatic carbocycles. The number of amides is 1. The van der Waals surface area contributed by atoms with Crippen LogP contribution in [0.4, 0.5) is 4.39 Å². The van der Waals surface area contributed by atoms with Crippen molar-refractivity contribution in [2.75, 3.05) is 7.11 Å². The smallest absolute Gasteiger partial charge is 0.331 e. The van der Waals surface area contributed by atoms with E-state index in [2.05, 4.69) is 10.5 Å². The van der Waals surface area contributed by atoms with E-state index in [1.807, 2.05) is 0 Å². The van der Waals surface area contributed by atoms with E-state index < -0.39 is 5.91 Å². The molecule has 0 unspecified atom stereocenters. The summed E-state index contributed by atoms with van der Waals surface area (Å²) in [5.41, 5.74) is 4.62. The lowest BCUT2D eigenvalue weighted by Crippen LogP contribution is -2.20. The van der Waals surface area contributed by atoms with Gasteiger partial charge >= 0.3 is 5.91 Å². The van der Waals surface area contributed by atoms with E-state index in [0.29, 0.717) is 21.9 Å². The van der Waals surface area contributed by atoms with E-state index in [1.54, 1.807) is 30.3 Å². The molecule has 99 valence electrons. The van der Waals surface area contributed by atoms with E-state index in [4.69, 9.17) is 4.74 Å². The topological polar surface area (TPSA) is 52.8 Å². The number of fused-ring (bicyclic) bond motifs is 1. The zero-order valence-electron chi connectivity index (χ0n) is 10.6. The molecule has 0 bridgehead atoms. The average molecular weight is 269 g/mol. The predicted molar refractivity (Wildman–Crippen MR) is 73.5 cm³/mol. The summed E-state index contributed by atoms with van der Waals surface area (Å²) in [4.78, 5) is 11.7. The Labute approximate surface area is 114 Å². The van der Waals surface area contributed by atoms with Gasteiger partial charge in [0.05, 0.1) is 18.9 Å². The molecule has 0 atom stereocenters. The maximum Gasteiger partial charge on any atom is 0.331 e. The van der Waals surface area contributed by atoms with Crippen LogP contribution in [0.25, 0.3) is 16.3 Å². The zero-order valence-corrected chi connectivity index (χ0v) is 10.6. The van der Waals surface area contributed by atoms with Crippen LogP contribution in [-0.4, -0.2) is 19.2 Å². The molecule has 2 aromatic rings. The summed E-state index contributed by atoms with van der Waals surface area (Å²) in [5, 5.41) is 4.84. The first-order chi connectivity index (χ1) is 9.72. The van der Waals surface area contributed by atoms with Crippen LogP contribution in [0.1, 0.15) is 5.56 Å². The van der Waals surface area contributed by atoms with Gasteiger partial charge in [-0.15, -0.1) is 5.43 Å². The number of carbonyl (C=O) groups is 1. The number of hydrogen-bond acceptors (Lipinski definition) is 3. The van der Waals surface area contributed by atoms with Crippen molar-refractivity contribution >= 4 is 28.5 Å². The zero-order chi connectivity index (χ0) is 14.1. The van der Waals surface area contributed by atoms with Gasteiger partial charge in [-0.3, -0.25) is 4.79 Å². The second kappa shape index (κ2) is 4.77. The third-order valence-electron chi connectivity index (χ3n) is 3.14. The summed E-state index contributed by atoms with van der Waals surface area (Å²) >= 11 is 0. The second-order valence-corrected chi connectivity index (χ2v) is 4.24. The van der Waals surface area contributed by atoms with Crippen molar-refractivity contribution in [1.29, 1.82) is 0 Å². The van der Waals surface area contributed by atoms with E-state index in [1.165, 1.54) is 19.4 Å². The number of ether oxygens (including phenoxy) is 1. The van der Waals surface area contributed by atoms with Gasteiger partial charge in [0.25, 0.3) is 0 Å². The highest BCUT2D eigenvalue weighted by Crippen LogP contribution is 2.29. The monoisotopic (exact) mass is 269 g/mol. The van der Waals surface area contributed by atoms with Crippen LogP contribution in [-0.2, 0) is 9.53 Å². The van der Waals surface area contributed by atoms with Crippen LogP contribution in [0.3, 0.4) is 0 Å². The molecule has 0 aliphatic carbocycles. The molecule has 3 rings (SSSR count). The van der Waals surface area contributed by atoms with Gasteiger partial charge < -0.3 is 4.74 Å². The van der Waals surface area contributed by atoms with Crippen molar-refractivity contribution in [3.05, 3.63) is 53.5 Å². The van der Waals surface area contributed by atoms with Gasteiger partial charge in [0.1, 0.15) is 5.82 Å². The molecular formula is C15H10FN2O2. The molecule has 1 aliphatic heterocycles. The molecule has 1 radical (unpaired) electrons. The van der Waals surface area contributed by atoms with Crippen molar-refractivity contribution in [1.82, 2.24) is 5.43 Å². The van der Waals surface area contributed by atoms with Gasteiger partial charge in [-0.25, -0.2) is 4.39 Å². The molecule has 0 saturated carbocycles. The van der Waals surface area contributed by atoms with E-state index in [0.717, 1.165) is 0 Å². The number of nitrogens with zero attached hydrogens (tertiary/aromatic N) is 2. The van der Waals surface area contributed by atoms with Gasteiger partial charge in [0.15, 0.2) is 5.76 Å². The second-order valence-electron chi connectivity index (χ2n) is 4.24. The number of methoxy groups -OCH3 is 1. The molecule has 0 aromatic heterocycles. The minimum Gasteiger partial charge on any atom is -0.491 e. The Morgan fingerprint density at radius 1 is 1.10 bits per heavy atom. The quantitative estimate of drug-likeness (QED) is 0.841. The maximum atomic E-state index is 13.8. The lowest BCUT2D eigenvalue weighted by molar-refractivity contribution is -0.120. The number of allylic oxidation sites excluding steroid dienone is 1. The van der Waals surface area contributed by atoms with Crippen LogP contribution < -0.4 is 5.43 Å². The van der Waals surface area contributed by atoms with Gasteiger partial charge in [-0.05, 0) is 17.0 Å². The van der Waals surface area contributed by atoms with E-state index >= 15 is 0 Å². The van der Waals surface area contributed by atoms with Crippen molar-refractivity contribution < 1.29 is 13.9 Å². The standard InChI is InChI=1S/C15H10FN2O2/c1-20-14-12(8-17-18-15(14)19)10-4-2-6-11-9(10)5-3-7-13(11)16/h2-8H,1H3. The molecule has 0 N–H and O–H groups in total. The molecule has 20 heavy (non-hydrogen) atoms. The van der Waals surface area contributed by atoms with Gasteiger partial charge in [-0.1, -0.05) is 30.3 Å². The average Bonchev–Trinajstić information content (AvgIpc) is 2.47. The highest BCUT2D eigenvalue weighted by atomic mass is 19.1. The molecule has 1 heterocycles. The Bertz CT molecular complexity index is 766. The molecule has 1 aliphatic rings. The van der Waals surface area contributed by atoms with Crippen molar-refractivity contribution in [2.45, 2.75) is 0 Å². The Morgan fingerprint density at radius 3 is 2.65 bits per heavy atom. The molecule has 0 fully saturated rings. The number of hydrogen-bond donors (Lipinski definition) is 0. The lowest BCUT2D eigenvalue weighted by atomic mass is 9.97. The summed E-state index contributed by atoms with van der Waals surface area (Å²) < 4.78 is 18.9. The van der Waals surface area contributed by atoms with Crippen molar-refractivity contribution in [3.8, 4) is 0 Å². The molecular weight excluding hydrogens is 259 g/mol. The van der Waals surface area contributed by atoms with Crippen LogP contribution in [0.2, 0.25) is 0 Å². The first kappa shape index (κ1) is 12.3. The highest BCUT2D eigenvalue weighted by Gasteiger charge is 2.22. The largest absolute Gasteiger partial charge is 0.491 e. The Morgan fingerprint density at radius 2 is 1.85 bits per heavy atom. The molecule has 0 spiro atoms. The van der Waals surface area contributed by atoms with Crippen LogP contribution >= 0.6 is 0 Å². The summed E-state index contributed by atoms with van der Waals surface area (Å²) in [6, 6.07) is 10.0. The minimum atomic E-state index is -0.543.